The number of hydrogen-bond acceptors (Lipinski definition) is 9. The molecule has 3 saturated heterocycles. The molecule has 5 N–H and O–H groups in total. The van der Waals surface area contributed by atoms with Crippen molar-refractivity contribution in [1.29, 1.82) is 0 Å². The molecule has 0 spiro atoms. The first-order valence-corrected chi connectivity index (χ1v) is 11.9. The molecule has 3 aliphatic rings. The molecule has 0 amide bonds. The van der Waals surface area contributed by atoms with Crippen molar-refractivity contribution in [3.8, 4) is 0 Å². The van der Waals surface area contributed by atoms with E-state index in [-0.39, 0.29) is 28.1 Å². The molecule has 14 heteroatoms. The number of nitrogens with zero attached hydrogens (tertiary/aromatic N) is 2. The minimum Gasteiger partial charge on any atom is -0.480 e. The molecule has 0 aromatic rings. The van der Waals surface area contributed by atoms with Crippen LogP contribution >= 0.6 is 24.4 Å². The molecule has 2 atom stereocenters. The third-order valence-corrected chi connectivity index (χ3v) is 5.92. The van der Waals surface area contributed by atoms with Gasteiger partial charge in [-0.3, -0.25) is 0 Å². The first-order chi connectivity index (χ1) is 14.8. The molecule has 0 saturated carbocycles. The van der Waals surface area contributed by atoms with Gasteiger partial charge in [-0.05, 0) is 25.7 Å². The Labute approximate surface area is 224 Å². The van der Waals surface area contributed by atoms with Crippen LogP contribution in [0.3, 0.4) is 0 Å². The standard InChI is InChI=1S/C6H15N3.2C6H9NO2S2.Ru/c1-2-8-5-6-9-4-3-7-1;2*8-5(9)4-2-1-3-7(4)6(10)11;/h7-9H,1-6H2;2*4H,1-3H2,(H,8,9)(H,10,11);/q;;;+3/p-2/t;2*4-;/m.10./s1. The van der Waals surface area contributed by atoms with E-state index in [9.17, 15) is 9.59 Å². The van der Waals surface area contributed by atoms with Crippen LogP contribution in [0, 0.1) is 0 Å². The second-order valence-corrected chi connectivity index (χ2v) is 9.22. The Morgan fingerprint density at radius 3 is 1.19 bits per heavy atom. The van der Waals surface area contributed by atoms with E-state index < -0.39 is 24.0 Å². The number of aliphatic carboxylic acids is 2. The molecule has 0 aromatic carbocycles. The van der Waals surface area contributed by atoms with E-state index in [1.54, 1.807) is 9.80 Å². The van der Waals surface area contributed by atoms with E-state index in [1.165, 1.54) is 0 Å². The predicted molar refractivity (Wildman–Crippen MR) is 133 cm³/mol. The molecule has 1 radical (unpaired) electrons. The Balaban J connectivity index is 0.000000446. The van der Waals surface area contributed by atoms with Crippen molar-refractivity contribution < 1.29 is 39.3 Å². The first kappa shape index (κ1) is 31.7. The fourth-order valence-electron chi connectivity index (χ4n) is 3.39. The zero-order valence-electron chi connectivity index (χ0n) is 17.7. The summed E-state index contributed by atoms with van der Waals surface area (Å²) in [6.45, 7) is 7.98. The predicted octanol–water partition coefficient (Wildman–Crippen LogP) is -0.499. The van der Waals surface area contributed by atoms with Crippen molar-refractivity contribution >= 4 is 70.3 Å². The average molecular weight is 611 g/mol. The zero-order valence-corrected chi connectivity index (χ0v) is 22.7. The molecule has 0 unspecified atom stereocenters. The Kier molecular flexibility index (Phi) is 17.9. The van der Waals surface area contributed by atoms with Crippen LogP contribution in [0.4, 0.5) is 0 Å². The summed E-state index contributed by atoms with van der Waals surface area (Å²) in [5, 5.41) is 27.3. The van der Waals surface area contributed by atoms with Crippen LogP contribution in [0.2, 0.25) is 0 Å². The molecular formula is C18H31N5O4RuS4+. The molecule has 0 bridgehead atoms. The summed E-state index contributed by atoms with van der Waals surface area (Å²) in [5.74, 6) is -1.65. The van der Waals surface area contributed by atoms with Crippen LogP contribution in [0.1, 0.15) is 25.7 Å². The fourth-order valence-corrected chi connectivity index (χ4v) is 4.26. The van der Waals surface area contributed by atoms with Gasteiger partial charge in [0.25, 0.3) is 0 Å². The van der Waals surface area contributed by atoms with Gasteiger partial charge in [0.05, 0.1) is 0 Å². The van der Waals surface area contributed by atoms with Crippen molar-refractivity contribution in [2.24, 2.45) is 0 Å². The van der Waals surface area contributed by atoms with E-state index in [2.05, 4.69) is 16.0 Å². The van der Waals surface area contributed by atoms with Crippen molar-refractivity contribution in [3.05, 3.63) is 0 Å². The molecule has 9 nitrogen and oxygen atoms in total. The number of nitrogens with one attached hydrogen (secondary N) is 3. The third-order valence-electron chi connectivity index (χ3n) is 4.98. The van der Waals surface area contributed by atoms with Gasteiger partial charge < -0.3 is 85.7 Å². The Morgan fingerprint density at radius 2 is 1.00 bits per heavy atom. The van der Waals surface area contributed by atoms with E-state index in [0.717, 1.165) is 52.1 Å². The molecule has 183 valence electrons. The quantitative estimate of drug-likeness (QED) is 0.157. The minimum absolute atomic E-state index is 0. The monoisotopic (exact) mass is 611 g/mol. The number of carboxylic acids is 2. The van der Waals surface area contributed by atoms with Gasteiger partial charge in [0, 0.05) is 52.4 Å². The molecule has 3 fully saturated rings. The van der Waals surface area contributed by atoms with Crippen molar-refractivity contribution in [1.82, 2.24) is 25.8 Å². The SMILES string of the molecule is C1CNCCNCCN1.O=C(O)[C@@H]1CCCN1C(=S)[S-].O=C(O)[C@H]1CCCN1C(=S)[S-].[Ru+3]. The summed E-state index contributed by atoms with van der Waals surface area (Å²) in [7, 11) is 0. The van der Waals surface area contributed by atoms with Crippen molar-refractivity contribution in [2.45, 2.75) is 37.8 Å². The van der Waals surface area contributed by atoms with E-state index in [1.807, 2.05) is 0 Å². The topological polar surface area (TPSA) is 117 Å². The fraction of sp³-hybridized carbons (Fsp3) is 0.778. The van der Waals surface area contributed by atoms with Crippen LogP contribution in [0.25, 0.3) is 0 Å². The molecule has 0 aromatic heterocycles. The Bertz CT molecular complexity index is 509. The summed E-state index contributed by atoms with van der Waals surface area (Å²) in [6.07, 6.45) is 3.06. The number of likely N-dealkylation sites (tertiary alicyclic amines) is 2. The van der Waals surface area contributed by atoms with Gasteiger partial charge in [-0.25, -0.2) is 9.59 Å². The van der Waals surface area contributed by atoms with Gasteiger partial charge >= 0.3 is 31.4 Å². The number of thiocarbonyl (C=S) groups is 2. The van der Waals surface area contributed by atoms with E-state index in [4.69, 9.17) is 59.9 Å². The van der Waals surface area contributed by atoms with Crippen LogP contribution < -0.4 is 16.0 Å². The molecule has 3 aliphatic heterocycles. The minimum atomic E-state index is -0.824. The molecule has 32 heavy (non-hydrogen) atoms. The van der Waals surface area contributed by atoms with E-state index >= 15 is 0 Å². The average Bonchev–Trinajstić information content (AvgIpc) is 3.40. The summed E-state index contributed by atoms with van der Waals surface area (Å²) in [6, 6.07) is -0.944. The smallest absolute Gasteiger partial charge is 0.480 e. The summed E-state index contributed by atoms with van der Waals surface area (Å²) < 4.78 is 0.546. The maximum atomic E-state index is 10.6. The van der Waals surface area contributed by atoms with Crippen LogP contribution in [-0.2, 0) is 54.3 Å². The normalized spacial score (nSPS) is 23.0. The molecular weight excluding hydrogens is 580 g/mol. The molecule has 0 aliphatic carbocycles. The zero-order chi connectivity index (χ0) is 23.2. The number of rotatable bonds is 2. The Morgan fingerprint density at radius 1 is 0.719 bits per heavy atom. The van der Waals surface area contributed by atoms with Gasteiger partial charge in [-0.15, -0.1) is 0 Å². The Hall–Kier alpha value is -0.337. The third kappa shape index (κ3) is 12.2. The van der Waals surface area contributed by atoms with Gasteiger partial charge in [0.1, 0.15) is 12.1 Å². The van der Waals surface area contributed by atoms with Crippen LogP contribution in [-0.4, -0.2) is 105 Å². The number of carbonyl (C=O) groups is 2. The van der Waals surface area contributed by atoms with Crippen LogP contribution in [0.15, 0.2) is 0 Å². The second-order valence-electron chi connectivity index (χ2n) is 7.16. The first-order valence-electron chi connectivity index (χ1n) is 10.3. The summed E-state index contributed by atoms with van der Waals surface area (Å²) in [5.41, 5.74) is 0. The number of hydrogen-bond donors (Lipinski definition) is 5. The maximum Gasteiger partial charge on any atom is 3.00 e. The van der Waals surface area contributed by atoms with Crippen molar-refractivity contribution in [2.75, 3.05) is 52.4 Å². The van der Waals surface area contributed by atoms with Gasteiger partial charge in [-0.1, -0.05) is 8.64 Å². The van der Waals surface area contributed by atoms with E-state index in [0.29, 0.717) is 25.9 Å². The maximum absolute atomic E-state index is 10.6. The largest absolute Gasteiger partial charge is 3.00 e. The molecule has 3 heterocycles. The summed E-state index contributed by atoms with van der Waals surface area (Å²) in [4.78, 5) is 24.3. The van der Waals surface area contributed by atoms with Crippen LogP contribution in [0.5, 0.6) is 0 Å². The van der Waals surface area contributed by atoms with Gasteiger partial charge in [0.2, 0.25) is 0 Å². The van der Waals surface area contributed by atoms with Crippen molar-refractivity contribution in [3.63, 3.8) is 0 Å². The molecule has 3 rings (SSSR count). The number of carboxylic acid groups (broad SMARTS) is 2. The van der Waals surface area contributed by atoms with Gasteiger partial charge in [0.15, 0.2) is 0 Å². The van der Waals surface area contributed by atoms with Gasteiger partial charge in [-0.2, -0.15) is 0 Å². The second kappa shape index (κ2) is 18.0. The summed E-state index contributed by atoms with van der Waals surface area (Å²) >= 11 is 18.9.